The lowest BCUT2D eigenvalue weighted by Gasteiger charge is -2.24. The number of benzene rings is 2. The minimum atomic E-state index is -0.123. The molecule has 0 aliphatic rings. The van der Waals surface area contributed by atoms with Crippen molar-refractivity contribution in [3.05, 3.63) is 94.3 Å². The zero-order valence-corrected chi connectivity index (χ0v) is 15.6. The summed E-state index contributed by atoms with van der Waals surface area (Å²) in [6, 6.07) is 19.3. The summed E-state index contributed by atoms with van der Waals surface area (Å²) in [5.41, 5.74) is 3.32. The first-order valence-electron chi connectivity index (χ1n) is 9.20. The highest BCUT2D eigenvalue weighted by atomic mass is 16.2. The summed E-state index contributed by atoms with van der Waals surface area (Å²) < 4.78 is 0. The molecule has 1 amide bonds. The van der Waals surface area contributed by atoms with Gasteiger partial charge in [0.05, 0.1) is 0 Å². The van der Waals surface area contributed by atoms with E-state index in [0.717, 1.165) is 22.0 Å². The number of aromatic amines is 1. The van der Waals surface area contributed by atoms with Gasteiger partial charge >= 0.3 is 0 Å². The van der Waals surface area contributed by atoms with Crippen molar-refractivity contribution in [3.63, 3.8) is 0 Å². The summed E-state index contributed by atoms with van der Waals surface area (Å²) in [5, 5.41) is 1.01. The molecule has 2 aromatic carbocycles. The predicted octanol–water partition coefficient (Wildman–Crippen LogP) is 4.07. The number of hydrogen-bond acceptors (Lipinski definition) is 2. The summed E-state index contributed by atoms with van der Waals surface area (Å²) in [4.78, 5) is 29.4. The van der Waals surface area contributed by atoms with E-state index >= 15 is 0 Å². The van der Waals surface area contributed by atoms with Crippen LogP contribution in [0.3, 0.4) is 0 Å². The maximum absolute atomic E-state index is 12.8. The van der Waals surface area contributed by atoms with Crippen LogP contribution in [0.5, 0.6) is 0 Å². The van der Waals surface area contributed by atoms with Gasteiger partial charge in [0, 0.05) is 35.6 Å². The monoisotopic (exact) mass is 360 g/mol. The van der Waals surface area contributed by atoms with Crippen molar-refractivity contribution < 1.29 is 4.79 Å². The maximum Gasteiger partial charge on any atom is 0.249 e. The van der Waals surface area contributed by atoms with Crippen LogP contribution in [-0.2, 0) is 17.8 Å². The first-order chi connectivity index (χ1) is 13.1. The smallest absolute Gasteiger partial charge is 0.249 e. The highest BCUT2D eigenvalue weighted by molar-refractivity contribution is 5.92. The Hall–Kier alpha value is -3.14. The van der Waals surface area contributed by atoms with Crippen LogP contribution >= 0.6 is 0 Å². The van der Waals surface area contributed by atoms with Gasteiger partial charge in [-0.15, -0.1) is 0 Å². The third-order valence-corrected chi connectivity index (χ3v) is 4.72. The van der Waals surface area contributed by atoms with Gasteiger partial charge in [0.2, 0.25) is 11.5 Å². The number of fused-ring (bicyclic) bond motifs is 1. The van der Waals surface area contributed by atoms with Gasteiger partial charge in [0.15, 0.2) is 0 Å². The van der Waals surface area contributed by atoms with Gasteiger partial charge in [0.1, 0.15) is 0 Å². The molecule has 4 nitrogen and oxygen atoms in total. The molecule has 0 atom stereocenters. The molecule has 3 aromatic rings. The molecule has 27 heavy (non-hydrogen) atoms. The van der Waals surface area contributed by atoms with E-state index in [2.05, 4.69) is 11.6 Å². The van der Waals surface area contributed by atoms with Gasteiger partial charge in [-0.3, -0.25) is 9.59 Å². The van der Waals surface area contributed by atoms with Crippen molar-refractivity contribution in [1.82, 2.24) is 9.88 Å². The first kappa shape index (κ1) is 18.6. The van der Waals surface area contributed by atoms with E-state index < -0.39 is 0 Å². The van der Waals surface area contributed by atoms with Crippen LogP contribution in [0.25, 0.3) is 10.9 Å². The number of amides is 1. The maximum atomic E-state index is 12.8. The molecule has 1 aromatic heterocycles. The Morgan fingerprint density at radius 3 is 2.52 bits per heavy atom. The van der Waals surface area contributed by atoms with Crippen LogP contribution in [0, 0.1) is 0 Å². The number of carbonyl (C=O) groups excluding carboxylic acids is 1. The lowest BCUT2D eigenvalue weighted by molar-refractivity contribution is -0.127. The molecule has 0 bridgehead atoms. The van der Waals surface area contributed by atoms with E-state index in [1.807, 2.05) is 66.4 Å². The van der Waals surface area contributed by atoms with Crippen LogP contribution in [-0.4, -0.2) is 22.3 Å². The SMILES string of the molecule is C=C(CC)C(=O)N(CCc1cc(=O)[nH]c2ccccc12)Cc1ccccc1. The molecule has 1 heterocycles. The normalized spacial score (nSPS) is 10.7. The summed E-state index contributed by atoms with van der Waals surface area (Å²) in [5.74, 6) is -0.0319. The van der Waals surface area contributed by atoms with Crippen LogP contribution in [0.4, 0.5) is 0 Å². The second-order valence-corrected chi connectivity index (χ2v) is 6.62. The Labute approximate surface area is 159 Å². The van der Waals surface area contributed by atoms with Crippen molar-refractivity contribution in [2.45, 2.75) is 26.3 Å². The number of nitrogens with one attached hydrogen (secondary N) is 1. The average molecular weight is 360 g/mol. The van der Waals surface area contributed by atoms with E-state index in [9.17, 15) is 9.59 Å². The molecule has 0 saturated carbocycles. The molecule has 0 fully saturated rings. The number of pyridine rings is 1. The highest BCUT2D eigenvalue weighted by Gasteiger charge is 2.17. The Morgan fingerprint density at radius 1 is 1.07 bits per heavy atom. The average Bonchev–Trinajstić information content (AvgIpc) is 2.70. The van der Waals surface area contributed by atoms with Crippen molar-refractivity contribution >= 4 is 16.8 Å². The van der Waals surface area contributed by atoms with Gasteiger partial charge in [-0.25, -0.2) is 0 Å². The van der Waals surface area contributed by atoms with Gasteiger partial charge in [-0.1, -0.05) is 62.0 Å². The fourth-order valence-corrected chi connectivity index (χ4v) is 3.17. The Balaban J connectivity index is 1.85. The molecule has 0 unspecified atom stereocenters. The van der Waals surface area contributed by atoms with Crippen molar-refractivity contribution in [2.75, 3.05) is 6.54 Å². The van der Waals surface area contributed by atoms with E-state index in [-0.39, 0.29) is 11.5 Å². The summed E-state index contributed by atoms with van der Waals surface area (Å²) in [6.07, 6.45) is 1.23. The minimum Gasteiger partial charge on any atom is -0.334 e. The molecule has 0 spiro atoms. The second-order valence-electron chi connectivity index (χ2n) is 6.62. The molecular formula is C23H24N2O2. The third kappa shape index (κ3) is 4.53. The minimum absolute atomic E-state index is 0.0319. The number of nitrogens with zero attached hydrogens (tertiary/aromatic N) is 1. The number of carbonyl (C=O) groups is 1. The van der Waals surface area contributed by atoms with Crippen LogP contribution in [0.2, 0.25) is 0 Å². The molecule has 3 rings (SSSR count). The molecular weight excluding hydrogens is 336 g/mol. The quantitative estimate of drug-likeness (QED) is 0.646. The van der Waals surface area contributed by atoms with Gasteiger partial charge in [0.25, 0.3) is 0 Å². The molecule has 4 heteroatoms. The fraction of sp³-hybridized carbons (Fsp3) is 0.217. The van der Waals surface area contributed by atoms with Gasteiger partial charge < -0.3 is 9.88 Å². The number of para-hydroxylation sites is 1. The van der Waals surface area contributed by atoms with Crippen LogP contribution in [0.15, 0.2) is 77.6 Å². The fourth-order valence-electron chi connectivity index (χ4n) is 3.17. The van der Waals surface area contributed by atoms with Crippen molar-refractivity contribution in [1.29, 1.82) is 0 Å². The van der Waals surface area contributed by atoms with E-state index in [0.29, 0.717) is 31.5 Å². The Kier molecular flexibility index (Phi) is 5.87. The zero-order valence-electron chi connectivity index (χ0n) is 15.6. The van der Waals surface area contributed by atoms with E-state index in [4.69, 9.17) is 0 Å². The number of H-pyrrole nitrogens is 1. The third-order valence-electron chi connectivity index (χ3n) is 4.72. The van der Waals surface area contributed by atoms with E-state index in [1.54, 1.807) is 6.07 Å². The lowest BCUT2D eigenvalue weighted by atomic mass is 10.1. The second kappa shape index (κ2) is 8.49. The van der Waals surface area contributed by atoms with Gasteiger partial charge in [-0.2, -0.15) is 0 Å². The zero-order chi connectivity index (χ0) is 19.2. The summed E-state index contributed by atoms with van der Waals surface area (Å²) in [6.45, 7) is 6.90. The highest BCUT2D eigenvalue weighted by Crippen LogP contribution is 2.17. The lowest BCUT2D eigenvalue weighted by Crippen LogP contribution is -2.33. The van der Waals surface area contributed by atoms with Gasteiger partial charge in [-0.05, 0) is 30.0 Å². The van der Waals surface area contributed by atoms with E-state index in [1.165, 1.54) is 0 Å². The predicted molar refractivity (Wildman–Crippen MR) is 110 cm³/mol. The van der Waals surface area contributed by atoms with Crippen LogP contribution < -0.4 is 5.56 Å². The van der Waals surface area contributed by atoms with Crippen molar-refractivity contribution in [3.8, 4) is 0 Å². The molecule has 0 radical (unpaired) electrons. The number of hydrogen-bond donors (Lipinski definition) is 1. The molecule has 138 valence electrons. The molecule has 1 N–H and O–H groups in total. The number of aromatic nitrogens is 1. The molecule has 0 aliphatic heterocycles. The Morgan fingerprint density at radius 2 is 1.78 bits per heavy atom. The van der Waals surface area contributed by atoms with Crippen LogP contribution in [0.1, 0.15) is 24.5 Å². The largest absolute Gasteiger partial charge is 0.334 e. The summed E-state index contributed by atoms with van der Waals surface area (Å²) in [7, 11) is 0. The van der Waals surface area contributed by atoms with Crippen molar-refractivity contribution in [2.24, 2.45) is 0 Å². The molecule has 0 aliphatic carbocycles. The number of rotatable bonds is 7. The molecule has 0 saturated heterocycles. The first-order valence-corrected chi connectivity index (χ1v) is 9.20. The summed E-state index contributed by atoms with van der Waals surface area (Å²) >= 11 is 0. The topological polar surface area (TPSA) is 53.2 Å². The Bertz CT molecular complexity index is 1010. The standard InChI is InChI=1S/C23H24N2O2/c1-3-17(2)23(27)25(16-18-9-5-4-6-10-18)14-13-19-15-22(26)24-21-12-8-7-11-20(19)21/h4-12,15H,2-3,13-14,16H2,1H3,(H,24,26).